The van der Waals surface area contributed by atoms with Crippen molar-refractivity contribution in [1.82, 2.24) is 5.32 Å². The lowest BCUT2D eigenvalue weighted by Gasteiger charge is -2.27. The van der Waals surface area contributed by atoms with Crippen molar-refractivity contribution in [2.45, 2.75) is 38.3 Å². The lowest BCUT2D eigenvalue weighted by Crippen LogP contribution is -2.43. The fraction of sp³-hybridized carbons (Fsp3) is 0.583. The lowest BCUT2D eigenvalue weighted by atomic mass is 9.84. The number of nitrogens with two attached hydrogens (primary N) is 1. The van der Waals surface area contributed by atoms with Gasteiger partial charge in [0.1, 0.15) is 0 Å². The summed E-state index contributed by atoms with van der Waals surface area (Å²) in [6.07, 6.45) is 4.18. The average molecular weight is 317 g/mol. The Morgan fingerprint density at radius 2 is 2.29 bits per heavy atom. The van der Waals surface area contributed by atoms with Gasteiger partial charge in [-0.1, -0.05) is 12.8 Å². The Kier molecular flexibility index (Phi) is 4.59. The van der Waals surface area contributed by atoms with Gasteiger partial charge in [-0.05, 0) is 40.2 Å². The number of carbonyl (C=O) groups is 1. The first kappa shape index (κ1) is 13.1. The largest absolute Gasteiger partial charge is 0.351 e. The molecule has 17 heavy (non-hydrogen) atoms. The molecule has 0 aromatic carbocycles. The standard InChI is InChI=1S/C12H17BrN2OS/c13-9-5-6-17-11(9)7-15-12(16)8-3-1-2-4-10(8)14/h5-6,8,10H,1-4,7,14H2,(H,15,16). The maximum Gasteiger partial charge on any atom is 0.224 e. The molecule has 0 radical (unpaired) electrons. The van der Waals surface area contributed by atoms with Crippen molar-refractivity contribution in [2.24, 2.45) is 11.7 Å². The molecule has 1 saturated carbocycles. The SMILES string of the molecule is NC1CCCCC1C(=O)NCc1sccc1Br. The highest BCUT2D eigenvalue weighted by Crippen LogP contribution is 2.25. The van der Waals surface area contributed by atoms with Crippen LogP contribution >= 0.6 is 27.3 Å². The molecule has 3 N–H and O–H groups in total. The van der Waals surface area contributed by atoms with E-state index in [1.807, 2.05) is 11.4 Å². The highest BCUT2D eigenvalue weighted by molar-refractivity contribution is 9.10. The van der Waals surface area contributed by atoms with Gasteiger partial charge < -0.3 is 11.1 Å². The predicted octanol–water partition coefficient (Wildman–Crippen LogP) is 2.64. The second-order valence-corrected chi connectivity index (χ2v) is 6.32. The van der Waals surface area contributed by atoms with Gasteiger partial charge in [0, 0.05) is 15.4 Å². The van der Waals surface area contributed by atoms with E-state index in [9.17, 15) is 4.79 Å². The van der Waals surface area contributed by atoms with Gasteiger partial charge in [0.15, 0.2) is 0 Å². The Hall–Kier alpha value is -0.390. The first-order valence-electron chi connectivity index (χ1n) is 5.93. The maximum absolute atomic E-state index is 12.0. The normalized spacial score (nSPS) is 24.6. The van der Waals surface area contributed by atoms with Gasteiger partial charge in [-0.15, -0.1) is 11.3 Å². The van der Waals surface area contributed by atoms with Crippen LogP contribution in [0.5, 0.6) is 0 Å². The molecule has 1 amide bonds. The van der Waals surface area contributed by atoms with Crippen molar-refractivity contribution in [1.29, 1.82) is 0 Å². The van der Waals surface area contributed by atoms with E-state index in [-0.39, 0.29) is 17.9 Å². The van der Waals surface area contributed by atoms with Crippen LogP contribution in [0.4, 0.5) is 0 Å². The van der Waals surface area contributed by atoms with Crippen LogP contribution < -0.4 is 11.1 Å². The van der Waals surface area contributed by atoms with E-state index < -0.39 is 0 Å². The van der Waals surface area contributed by atoms with E-state index in [4.69, 9.17) is 5.73 Å². The van der Waals surface area contributed by atoms with E-state index in [2.05, 4.69) is 21.2 Å². The number of hydrogen-bond acceptors (Lipinski definition) is 3. The molecule has 0 spiro atoms. The van der Waals surface area contributed by atoms with E-state index in [0.717, 1.165) is 35.0 Å². The van der Waals surface area contributed by atoms with Crippen LogP contribution in [0.3, 0.4) is 0 Å². The highest BCUT2D eigenvalue weighted by Gasteiger charge is 2.27. The van der Waals surface area contributed by atoms with Crippen molar-refractivity contribution < 1.29 is 4.79 Å². The molecule has 1 aromatic heterocycles. The van der Waals surface area contributed by atoms with Gasteiger partial charge in [0.05, 0.1) is 12.5 Å². The second-order valence-electron chi connectivity index (χ2n) is 4.46. The summed E-state index contributed by atoms with van der Waals surface area (Å²) in [6.45, 7) is 0.598. The molecular formula is C12H17BrN2OS. The molecule has 5 heteroatoms. The number of amides is 1. The van der Waals surface area contributed by atoms with Gasteiger partial charge >= 0.3 is 0 Å². The summed E-state index contributed by atoms with van der Waals surface area (Å²) in [5, 5.41) is 5.00. The van der Waals surface area contributed by atoms with Crippen molar-refractivity contribution >= 4 is 33.2 Å². The first-order chi connectivity index (χ1) is 8.18. The van der Waals surface area contributed by atoms with Crippen molar-refractivity contribution in [3.05, 3.63) is 20.8 Å². The Balaban J connectivity index is 1.86. The Morgan fingerprint density at radius 1 is 1.53 bits per heavy atom. The quantitative estimate of drug-likeness (QED) is 0.900. The van der Waals surface area contributed by atoms with Crippen LogP contribution in [0.1, 0.15) is 30.6 Å². The molecule has 1 fully saturated rings. The third kappa shape index (κ3) is 3.30. The molecule has 1 aliphatic carbocycles. The van der Waals surface area contributed by atoms with Crippen molar-refractivity contribution in [3.8, 4) is 0 Å². The zero-order valence-corrected chi connectivity index (χ0v) is 12.0. The molecule has 2 rings (SSSR count). The zero-order valence-electron chi connectivity index (χ0n) is 9.62. The number of hydrogen-bond donors (Lipinski definition) is 2. The molecule has 3 nitrogen and oxygen atoms in total. The van der Waals surface area contributed by atoms with Gasteiger partial charge in [0.2, 0.25) is 5.91 Å². The molecule has 2 atom stereocenters. The molecule has 0 saturated heterocycles. The summed E-state index contributed by atoms with van der Waals surface area (Å²) in [6, 6.07) is 2.04. The van der Waals surface area contributed by atoms with Crippen molar-refractivity contribution in [2.75, 3.05) is 0 Å². The van der Waals surface area contributed by atoms with Gasteiger partial charge in [-0.25, -0.2) is 0 Å². The Morgan fingerprint density at radius 3 is 2.94 bits per heavy atom. The Bertz CT molecular complexity index is 394. The van der Waals surface area contributed by atoms with Crippen LogP contribution in [0.15, 0.2) is 15.9 Å². The van der Waals surface area contributed by atoms with Crippen LogP contribution in [-0.2, 0) is 11.3 Å². The van der Waals surface area contributed by atoms with E-state index in [1.54, 1.807) is 11.3 Å². The molecule has 0 aliphatic heterocycles. The topological polar surface area (TPSA) is 55.1 Å². The minimum atomic E-state index is 0.00230. The second kappa shape index (κ2) is 5.98. The monoisotopic (exact) mass is 316 g/mol. The maximum atomic E-state index is 12.0. The number of rotatable bonds is 3. The Labute approximate surface area is 114 Å². The number of nitrogens with one attached hydrogen (secondary N) is 1. The fourth-order valence-corrected chi connectivity index (χ4v) is 3.67. The average Bonchev–Trinajstić information content (AvgIpc) is 2.72. The first-order valence-corrected chi connectivity index (χ1v) is 7.61. The van der Waals surface area contributed by atoms with Gasteiger partial charge in [0.25, 0.3) is 0 Å². The van der Waals surface area contributed by atoms with E-state index in [0.29, 0.717) is 6.54 Å². The molecule has 0 bridgehead atoms. The number of carbonyl (C=O) groups excluding carboxylic acids is 1. The summed E-state index contributed by atoms with van der Waals surface area (Å²) < 4.78 is 1.07. The number of thiophene rings is 1. The van der Waals surface area contributed by atoms with Gasteiger partial charge in [-0.3, -0.25) is 4.79 Å². The summed E-state index contributed by atoms with van der Waals surface area (Å²) >= 11 is 5.10. The minimum absolute atomic E-state index is 0.00230. The molecule has 1 heterocycles. The molecular weight excluding hydrogens is 300 g/mol. The van der Waals surface area contributed by atoms with E-state index >= 15 is 0 Å². The van der Waals surface area contributed by atoms with Gasteiger partial charge in [-0.2, -0.15) is 0 Å². The third-order valence-corrected chi connectivity index (χ3v) is 5.20. The van der Waals surface area contributed by atoms with Crippen LogP contribution in [0.2, 0.25) is 0 Å². The molecule has 1 aliphatic rings. The van der Waals surface area contributed by atoms with Crippen LogP contribution in [0.25, 0.3) is 0 Å². The zero-order chi connectivity index (χ0) is 12.3. The molecule has 1 aromatic rings. The third-order valence-electron chi connectivity index (χ3n) is 3.27. The summed E-state index contributed by atoms with van der Waals surface area (Å²) in [5.41, 5.74) is 5.99. The number of halogens is 1. The summed E-state index contributed by atoms with van der Waals surface area (Å²) in [7, 11) is 0. The molecule has 94 valence electrons. The summed E-state index contributed by atoms with van der Waals surface area (Å²) in [5.74, 6) is 0.111. The fourth-order valence-electron chi connectivity index (χ4n) is 2.23. The van der Waals surface area contributed by atoms with Crippen LogP contribution in [0, 0.1) is 5.92 Å². The van der Waals surface area contributed by atoms with Crippen LogP contribution in [-0.4, -0.2) is 11.9 Å². The minimum Gasteiger partial charge on any atom is -0.351 e. The smallest absolute Gasteiger partial charge is 0.224 e. The molecule has 2 unspecified atom stereocenters. The summed E-state index contributed by atoms with van der Waals surface area (Å²) in [4.78, 5) is 13.2. The van der Waals surface area contributed by atoms with E-state index in [1.165, 1.54) is 0 Å². The predicted molar refractivity (Wildman–Crippen MR) is 73.8 cm³/mol. The van der Waals surface area contributed by atoms with Crippen molar-refractivity contribution in [3.63, 3.8) is 0 Å². The lowest BCUT2D eigenvalue weighted by molar-refractivity contribution is -0.126. The highest BCUT2D eigenvalue weighted by atomic mass is 79.9.